The SMILES string of the molecule is CC.COc1ccc(NC(=O)c2ccc(CN(N)/C=C\N)c3ccccc23)c(C(=O)NCC2CCCCC2)n1. The number of ether oxygens (including phenoxy) is 1. The number of nitrogens with two attached hydrogens (primary N) is 2. The summed E-state index contributed by atoms with van der Waals surface area (Å²) in [4.78, 5) is 30.9. The van der Waals surface area contributed by atoms with Crippen LogP contribution in [0.25, 0.3) is 10.8 Å². The van der Waals surface area contributed by atoms with Gasteiger partial charge in [0.1, 0.15) is 0 Å². The molecule has 2 aromatic carbocycles. The summed E-state index contributed by atoms with van der Waals surface area (Å²) in [5.74, 6) is 6.07. The van der Waals surface area contributed by atoms with Crippen LogP contribution in [-0.4, -0.2) is 35.5 Å². The zero-order valence-corrected chi connectivity index (χ0v) is 23.1. The Balaban J connectivity index is 0.00000205. The van der Waals surface area contributed by atoms with E-state index in [0.29, 0.717) is 36.1 Å². The summed E-state index contributed by atoms with van der Waals surface area (Å²) in [6.07, 6.45) is 8.82. The average molecular weight is 533 g/mol. The molecule has 6 N–H and O–H groups in total. The molecule has 1 aromatic heterocycles. The molecule has 0 unspecified atom stereocenters. The Labute approximate surface area is 230 Å². The van der Waals surface area contributed by atoms with Crippen LogP contribution in [0.15, 0.2) is 60.9 Å². The van der Waals surface area contributed by atoms with Crippen molar-refractivity contribution in [3.05, 3.63) is 77.8 Å². The van der Waals surface area contributed by atoms with Crippen molar-refractivity contribution in [1.82, 2.24) is 15.3 Å². The van der Waals surface area contributed by atoms with Crippen LogP contribution in [0.2, 0.25) is 0 Å². The molecular weight excluding hydrogens is 492 g/mol. The molecule has 1 aliphatic carbocycles. The molecule has 3 aromatic rings. The van der Waals surface area contributed by atoms with E-state index in [4.69, 9.17) is 16.3 Å². The number of fused-ring (bicyclic) bond motifs is 1. The van der Waals surface area contributed by atoms with E-state index < -0.39 is 0 Å². The van der Waals surface area contributed by atoms with Crippen molar-refractivity contribution >= 4 is 28.3 Å². The number of methoxy groups -OCH3 is 1. The van der Waals surface area contributed by atoms with Crippen LogP contribution in [0.4, 0.5) is 5.69 Å². The number of carbonyl (C=O) groups is 2. The minimum absolute atomic E-state index is 0.122. The normalized spacial score (nSPS) is 13.4. The second kappa shape index (κ2) is 14.7. The average Bonchev–Trinajstić information content (AvgIpc) is 2.98. The maximum Gasteiger partial charge on any atom is 0.272 e. The lowest BCUT2D eigenvalue weighted by atomic mass is 9.89. The van der Waals surface area contributed by atoms with Crippen LogP contribution >= 0.6 is 0 Å². The first-order chi connectivity index (χ1) is 19.0. The summed E-state index contributed by atoms with van der Waals surface area (Å²) in [6, 6.07) is 14.5. The number of hydrogen-bond acceptors (Lipinski definition) is 7. The van der Waals surface area contributed by atoms with Gasteiger partial charge in [-0.3, -0.25) is 9.59 Å². The van der Waals surface area contributed by atoms with Gasteiger partial charge in [-0.25, -0.2) is 10.8 Å². The van der Waals surface area contributed by atoms with Crippen LogP contribution in [0.1, 0.15) is 72.4 Å². The molecule has 0 aliphatic heterocycles. The fourth-order valence-corrected chi connectivity index (χ4v) is 4.79. The van der Waals surface area contributed by atoms with Crippen molar-refractivity contribution in [2.75, 3.05) is 19.0 Å². The minimum Gasteiger partial charge on any atom is -0.481 e. The lowest BCUT2D eigenvalue weighted by Crippen LogP contribution is -2.31. The molecular formula is C30H40N6O3. The Morgan fingerprint density at radius 1 is 1.03 bits per heavy atom. The molecule has 208 valence electrons. The van der Waals surface area contributed by atoms with Gasteiger partial charge in [-0.15, -0.1) is 0 Å². The van der Waals surface area contributed by atoms with Crippen molar-refractivity contribution in [3.63, 3.8) is 0 Å². The van der Waals surface area contributed by atoms with Gasteiger partial charge < -0.3 is 26.1 Å². The lowest BCUT2D eigenvalue weighted by Gasteiger charge is -2.22. The Morgan fingerprint density at radius 2 is 1.74 bits per heavy atom. The monoisotopic (exact) mass is 532 g/mol. The maximum absolute atomic E-state index is 13.4. The highest BCUT2D eigenvalue weighted by Gasteiger charge is 2.21. The second-order valence-corrected chi connectivity index (χ2v) is 9.25. The van der Waals surface area contributed by atoms with E-state index in [1.54, 1.807) is 24.4 Å². The Hall–Kier alpha value is -4.11. The van der Waals surface area contributed by atoms with Gasteiger partial charge in [0.15, 0.2) is 5.69 Å². The Kier molecular flexibility index (Phi) is 11.1. The van der Waals surface area contributed by atoms with Crippen LogP contribution in [0.5, 0.6) is 5.88 Å². The standard InChI is InChI=1S/C28H34N6O3.C2H6/c1-37-25-14-13-24(26(33-25)28(36)31-17-19-7-3-2-4-8-19)32-27(35)23-12-11-20(18-34(30)16-15-29)21-9-5-6-10-22(21)23;1-2/h5-6,9-16,19H,2-4,7-8,17-18,29-30H2,1H3,(H,31,36)(H,32,35);1-2H3/b16-15-;. The molecule has 1 heterocycles. The highest BCUT2D eigenvalue weighted by atomic mass is 16.5. The van der Waals surface area contributed by atoms with Crippen molar-refractivity contribution in [3.8, 4) is 5.88 Å². The first-order valence-electron chi connectivity index (χ1n) is 13.5. The van der Waals surface area contributed by atoms with E-state index in [-0.39, 0.29) is 17.5 Å². The van der Waals surface area contributed by atoms with Gasteiger partial charge in [0.25, 0.3) is 11.8 Å². The van der Waals surface area contributed by atoms with Crippen molar-refractivity contribution in [2.45, 2.75) is 52.5 Å². The number of amides is 2. The number of nitrogens with zero attached hydrogens (tertiary/aromatic N) is 2. The van der Waals surface area contributed by atoms with E-state index in [1.165, 1.54) is 37.6 Å². The predicted molar refractivity (Wildman–Crippen MR) is 156 cm³/mol. The third-order valence-corrected chi connectivity index (χ3v) is 6.71. The molecule has 1 saturated carbocycles. The molecule has 4 rings (SSSR count). The highest BCUT2D eigenvalue weighted by molar-refractivity contribution is 6.15. The number of hydrazine groups is 1. The molecule has 2 amide bonds. The molecule has 39 heavy (non-hydrogen) atoms. The van der Waals surface area contributed by atoms with E-state index in [0.717, 1.165) is 29.2 Å². The molecule has 0 radical (unpaired) electrons. The summed E-state index contributed by atoms with van der Waals surface area (Å²) in [7, 11) is 1.49. The molecule has 9 nitrogen and oxygen atoms in total. The van der Waals surface area contributed by atoms with Gasteiger partial charge >= 0.3 is 0 Å². The molecule has 9 heteroatoms. The van der Waals surface area contributed by atoms with Crippen LogP contribution in [0, 0.1) is 5.92 Å². The molecule has 1 fully saturated rings. The predicted octanol–water partition coefficient (Wildman–Crippen LogP) is 4.94. The number of benzene rings is 2. The molecule has 1 aliphatic rings. The number of rotatable bonds is 9. The number of anilines is 1. The van der Waals surface area contributed by atoms with E-state index >= 15 is 0 Å². The molecule has 0 bridgehead atoms. The molecule has 0 saturated heterocycles. The fourth-order valence-electron chi connectivity index (χ4n) is 4.79. The summed E-state index contributed by atoms with van der Waals surface area (Å²) in [5, 5.41) is 9.03. The maximum atomic E-state index is 13.4. The lowest BCUT2D eigenvalue weighted by molar-refractivity contribution is 0.0938. The second-order valence-electron chi connectivity index (χ2n) is 9.25. The van der Waals surface area contributed by atoms with Gasteiger partial charge in [0.05, 0.1) is 19.3 Å². The van der Waals surface area contributed by atoms with Gasteiger partial charge in [0, 0.05) is 30.6 Å². The first-order valence-corrected chi connectivity index (χ1v) is 13.5. The fraction of sp³-hybridized carbons (Fsp3) is 0.367. The van der Waals surface area contributed by atoms with E-state index in [9.17, 15) is 9.59 Å². The van der Waals surface area contributed by atoms with Crippen molar-refractivity contribution < 1.29 is 14.3 Å². The van der Waals surface area contributed by atoms with Crippen molar-refractivity contribution in [1.29, 1.82) is 0 Å². The van der Waals surface area contributed by atoms with Crippen molar-refractivity contribution in [2.24, 2.45) is 17.5 Å². The smallest absolute Gasteiger partial charge is 0.272 e. The van der Waals surface area contributed by atoms with E-state index in [2.05, 4.69) is 15.6 Å². The number of carbonyl (C=O) groups excluding carboxylic acids is 2. The van der Waals surface area contributed by atoms with E-state index in [1.807, 2.05) is 44.2 Å². The summed E-state index contributed by atoms with van der Waals surface area (Å²) in [6.45, 7) is 5.01. The highest BCUT2D eigenvalue weighted by Crippen LogP contribution is 2.26. The van der Waals surface area contributed by atoms with Gasteiger partial charge in [-0.2, -0.15) is 0 Å². The number of aromatic nitrogens is 1. The summed E-state index contributed by atoms with van der Waals surface area (Å²) >= 11 is 0. The van der Waals surface area contributed by atoms with Crippen LogP contribution in [-0.2, 0) is 6.54 Å². The first kappa shape index (κ1) is 29.4. The zero-order valence-electron chi connectivity index (χ0n) is 23.1. The number of nitrogens with one attached hydrogen (secondary N) is 2. The quantitative estimate of drug-likeness (QED) is 0.226. The minimum atomic E-state index is -0.345. The molecule has 0 atom stereocenters. The Morgan fingerprint density at radius 3 is 2.44 bits per heavy atom. The summed E-state index contributed by atoms with van der Waals surface area (Å²) < 4.78 is 5.23. The third-order valence-electron chi connectivity index (χ3n) is 6.71. The summed E-state index contributed by atoms with van der Waals surface area (Å²) in [5.41, 5.74) is 7.31. The number of pyridine rings is 1. The molecule has 0 spiro atoms. The van der Waals surface area contributed by atoms with Crippen LogP contribution in [0.3, 0.4) is 0 Å². The zero-order chi connectivity index (χ0) is 28.2. The van der Waals surface area contributed by atoms with Crippen LogP contribution < -0.4 is 26.9 Å². The largest absolute Gasteiger partial charge is 0.481 e. The van der Waals surface area contributed by atoms with Gasteiger partial charge in [0.2, 0.25) is 5.88 Å². The topological polar surface area (TPSA) is 136 Å². The van der Waals surface area contributed by atoms with Gasteiger partial charge in [-0.05, 0) is 47.2 Å². The number of hydrogen-bond donors (Lipinski definition) is 4. The third kappa shape index (κ3) is 7.70. The van der Waals surface area contributed by atoms with Gasteiger partial charge in [-0.1, -0.05) is 63.4 Å². The Bertz CT molecular complexity index is 1290.